The first-order valence-electron chi connectivity index (χ1n) is 12.1. The van der Waals surface area contributed by atoms with Crippen molar-refractivity contribution in [2.75, 3.05) is 0 Å². The fraction of sp³-hybridized carbons (Fsp3) is 0.250. The van der Waals surface area contributed by atoms with Crippen molar-refractivity contribution >= 4 is 5.91 Å². The van der Waals surface area contributed by atoms with Crippen LogP contribution < -0.4 is 11.1 Å². The van der Waals surface area contributed by atoms with Crippen LogP contribution in [0.2, 0.25) is 0 Å². The summed E-state index contributed by atoms with van der Waals surface area (Å²) >= 11 is 0. The average molecular weight is 506 g/mol. The van der Waals surface area contributed by atoms with Gasteiger partial charge < -0.3 is 11.1 Å². The smallest absolute Gasteiger partial charge is 0.345 e. The highest BCUT2D eigenvalue weighted by Gasteiger charge is 2.31. The van der Waals surface area contributed by atoms with Gasteiger partial charge in [0.2, 0.25) is 0 Å². The van der Waals surface area contributed by atoms with E-state index in [9.17, 15) is 18.0 Å². The second-order valence-electron chi connectivity index (χ2n) is 9.28. The molecule has 0 aliphatic heterocycles. The summed E-state index contributed by atoms with van der Waals surface area (Å²) in [5.74, 6) is 0.243. The highest BCUT2D eigenvalue weighted by atomic mass is 19.4. The minimum absolute atomic E-state index is 0.120. The lowest BCUT2D eigenvalue weighted by molar-refractivity contribution is -0.137. The number of hydrogen-bond donors (Lipinski definition) is 2. The van der Waals surface area contributed by atoms with Crippen LogP contribution in [0.5, 0.6) is 0 Å². The van der Waals surface area contributed by atoms with Crippen molar-refractivity contribution in [3.63, 3.8) is 0 Å². The van der Waals surface area contributed by atoms with E-state index in [-0.39, 0.29) is 18.5 Å². The summed E-state index contributed by atoms with van der Waals surface area (Å²) < 4.78 is 41.4. The van der Waals surface area contributed by atoms with E-state index in [0.29, 0.717) is 33.9 Å². The number of pyridine rings is 1. The van der Waals surface area contributed by atoms with Crippen LogP contribution in [-0.2, 0) is 12.7 Å². The molecule has 5 rings (SSSR count). The van der Waals surface area contributed by atoms with E-state index in [1.807, 2.05) is 19.2 Å². The highest BCUT2D eigenvalue weighted by Crippen LogP contribution is 2.39. The van der Waals surface area contributed by atoms with E-state index >= 15 is 0 Å². The topological polar surface area (TPSA) is 85.8 Å². The van der Waals surface area contributed by atoms with Crippen LogP contribution >= 0.6 is 0 Å². The summed E-state index contributed by atoms with van der Waals surface area (Å²) in [4.78, 5) is 17.1. The van der Waals surface area contributed by atoms with E-state index in [4.69, 9.17) is 5.73 Å². The van der Waals surface area contributed by atoms with Crippen molar-refractivity contribution in [2.45, 2.75) is 44.4 Å². The molecule has 2 heterocycles. The van der Waals surface area contributed by atoms with Gasteiger partial charge in [0.1, 0.15) is 0 Å². The van der Waals surface area contributed by atoms with Gasteiger partial charge in [-0.05, 0) is 66.3 Å². The number of nitrogens with two attached hydrogens (primary N) is 1. The van der Waals surface area contributed by atoms with E-state index < -0.39 is 11.7 Å². The highest BCUT2D eigenvalue weighted by molar-refractivity contribution is 5.94. The van der Waals surface area contributed by atoms with Gasteiger partial charge in [0.25, 0.3) is 5.91 Å². The van der Waals surface area contributed by atoms with Gasteiger partial charge in [-0.25, -0.2) is 4.68 Å². The molecule has 6 nitrogen and oxygen atoms in total. The van der Waals surface area contributed by atoms with Crippen LogP contribution in [0.1, 0.15) is 64.5 Å². The minimum atomic E-state index is -4.44. The molecule has 0 unspecified atom stereocenters. The summed E-state index contributed by atoms with van der Waals surface area (Å²) in [6.45, 7) is 1.96. The molecule has 2 aromatic heterocycles. The Morgan fingerprint density at radius 1 is 1.11 bits per heavy atom. The van der Waals surface area contributed by atoms with Gasteiger partial charge in [0.15, 0.2) is 0 Å². The molecule has 9 heteroatoms. The number of amides is 1. The maximum absolute atomic E-state index is 13.2. The summed E-state index contributed by atoms with van der Waals surface area (Å²) in [7, 11) is 0. The number of carbonyl (C=O) groups excluding carboxylic acids is 1. The third kappa shape index (κ3) is 5.41. The zero-order chi connectivity index (χ0) is 26.2. The molecule has 1 saturated carbocycles. The lowest BCUT2D eigenvalue weighted by Gasteiger charge is -2.16. The molecule has 0 spiro atoms. The SMILES string of the molecule is C[C@@H](NC(=O)c1cncc(-n2ccc(C3CC3)n2)c1)c1ccc(-c2cc(C(F)(F)F)ccc2CN)cc1. The van der Waals surface area contributed by atoms with Crippen LogP contribution in [0.3, 0.4) is 0 Å². The molecular weight excluding hydrogens is 479 g/mol. The Bertz CT molecular complexity index is 1420. The lowest BCUT2D eigenvalue weighted by atomic mass is 9.95. The quantitative estimate of drug-likeness (QED) is 0.333. The van der Waals surface area contributed by atoms with Gasteiger partial charge in [-0.15, -0.1) is 0 Å². The van der Waals surface area contributed by atoms with Gasteiger partial charge in [0.05, 0.1) is 34.7 Å². The number of aromatic nitrogens is 3. The van der Waals surface area contributed by atoms with E-state index in [2.05, 4.69) is 15.4 Å². The molecule has 1 atom stereocenters. The molecule has 2 aromatic carbocycles. The lowest BCUT2D eigenvalue weighted by Crippen LogP contribution is -2.26. The molecule has 1 fully saturated rings. The van der Waals surface area contributed by atoms with Crippen molar-refractivity contribution < 1.29 is 18.0 Å². The van der Waals surface area contributed by atoms with Crippen molar-refractivity contribution in [1.29, 1.82) is 0 Å². The number of carbonyl (C=O) groups is 1. The molecule has 1 amide bonds. The largest absolute Gasteiger partial charge is 0.416 e. The number of hydrogen-bond acceptors (Lipinski definition) is 4. The van der Waals surface area contributed by atoms with E-state index in [1.165, 1.54) is 12.3 Å². The third-order valence-electron chi connectivity index (χ3n) is 6.58. The van der Waals surface area contributed by atoms with Crippen LogP contribution in [0, 0.1) is 0 Å². The number of benzene rings is 2. The zero-order valence-corrected chi connectivity index (χ0v) is 20.2. The molecule has 0 radical (unpaired) electrons. The molecule has 0 saturated heterocycles. The fourth-order valence-corrected chi connectivity index (χ4v) is 4.27. The van der Waals surface area contributed by atoms with Crippen LogP contribution in [0.4, 0.5) is 13.2 Å². The third-order valence-corrected chi connectivity index (χ3v) is 6.58. The van der Waals surface area contributed by atoms with Crippen LogP contribution in [0.25, 0.3) is 16.8 Å². The second-order valence-corrected chi connectivity index (χ2v) is 9.28. The first-order valence-corrected chi connectivity index (χ1v) is 12.1. The zero-order valence-electron chi connectivity index (χ0n) is 20.2. The van der Waals surface area contributed by atoms with Gasteiger partial charge in [0, 0.05) is 24.9 Å². The van der Waals surface area contributed by atoms with E-state index in [0.717, 1.165) is 36.2 Å². The van der Waals surface area contributed by atoms with Crippen molar-refractivity contribution in [3.8, 4) is 16.8 Å². The Kier molecular flexibility index (Phi) is 6.55. The van der Waals surface area contributed by atoms with Crippen LogP contribution in [0.15, 0.2) is 73.2 Å². The molecular formula is C28H26F3N5O. The summed E-state index contributed by atoms with van der Waals surface area (Å²) in [6.07, 6.45) is 2.91. The number of rotatable bonds is 7. The van der Waals surface area contributed by atoms with Gasteiger partial charge >= 0.3 is 6.18 Å². The molecule has 37 heavy (non-hydrogen) atoms. The fourth-order valence-electron chi connectivity index (χ4n) is 4.27. The maximum Gasteiger partial charge on any atom is 0.416 e. The number of alkyl halides is 3. The molecule has 0 bridgehead atoms. The first kappa shape index (κ1) is 24.7. The van der Waals surface area contributed by atoms with Gasteiger partial charge in [-0.1, -0.05) is 30.3 Å². The Morgan fingerprint density at radius 2 is 1.86 bits per heavy atom. The predicted molar refractivity (Wildman–Crippen MR) is 134 cm³/mol. The van der Waals surface area contributed by atoms with Gasteiger partial charge in [-0.2, -0.15) is 18.3 Å². The second kappa shape index (κ2) is 9.82. The van der Waals surface area contributed by atoms with Gasteiger partial charge in [-0.3, -0.25) is 9.78 Å². The number of nitrogens with one attached hydrogen (secondary N) is 1. The standard InChI is InChI=1S/C28H26F3N5O/c1-17(18-2-4-19(5-3-18)25-13-23(28(29,30)31)9-8-21(25)14-32)34-27(37)22-12-24(16-33-15-22)36-11-10-26(35-36)20-6-7-20/h2-5,8-13,15-17,20H,6-7,14,32H2,1H3,(H,34,37)/t17-/m1/s1. The molecule has 190 valence electrons. The maximum atomic E-state index is 13.2. The molecule has 1 aliphatic rings. The molecule has 1 aliphatic carbocycles. The van der Waals surface area contributed by atoms with Crippen molar-refractivity contribution in [1.82, 2.24) is 20.1 Å². The molecule has 4 aromatic rings. The normalized spacial score (nSPS) is 14.4. The average Bonchev–Trinajstić information content (AvgIpc) is 3.64. The minimum Gasteiger partial charge on any atom is -0.345 e. The monoisotopic (exact) mass is 505 g/mol. The Morgan fingerprint density at radius 3 is 2.54 bits per heavy atom. The number of halogens is 3. The van der Waals surface area contributed by atoms with Crippen molar-refractivity contribution in [2.24, 2.45) is 5.73 Å². The summed E-state index contributed by atoms with van der Waals surface area (Å²) in [6, 6.07) is 14.0. The van der Waals surface area contributed by atoms with Crippen LogP contribution in [-0.4, -0.2) is 20.7 Å². The van der Waals surface area contributed by atoms with E-state index in [1.54, 1.807) is 41.2 Å². The molecule has 3 N–H and O–H groups in total. The van der Waals surface area contributed by atoms with Crippen molar-refractivity contribution in [3.05, 3.63) is 101 Å². The Balaban J connectivity index is 1.30. The summed E-state index contributed by atoms with van der Waals surface area (Å²) in [5, 5.41) is 7.55. The predicted octanol–water partition coefficient (Wildman–Crippen LogP) is 5.78. The Hall–Kier alpha value is -3.98. The Labute approximate surface area is 212 Å². The first-order chi connectivity index (χ1) is 17.7. The number of nitrogens with zero attached hydrogens (tertiary/aromatic N) is 3. The summed E-state index contributed by atoms with van der Waals surface area (Å²) in [5.41, 5.74) is 9.68.